The zero-order valence-electron chi connectivity index (χ0n) is 11.6. The first-order valence-electron chi connectivity index (χ1n) is 6.89. The molecule has 5 nitrogen and oxygen atoms in total. The van der Waals surface area contributed by atoms with Gasteiger partial charge in [0.15, 0.2) is 0 Å². The fourth-order valence-electron chi connectivity index (χ4n) is 2.42. The molecule has 106 valence electrons. The van der Waals surface area contributed by atoms with Crippen LogP contribution in [-0.4, -0.2) is 48.1 Å². The minimum atomic E-state index is 0.739. The van der Waals surface area contributed by atoms with Crippen LogP contribution in [0.5, 0.6) is 0 Å². The van der Waals surface area contributed by atoms with Crippen LogP contribution in [0.1, 0.15) is 19.8 Å². The van der Waals surface area contributed by atoms with Gasteiger partial charge in [0.2, 0.25) is 0 Å². The number of hydrogen-bond donors (Lipinski definition) is 2. The molecular weight excluding hydrogens is 306 g/mol. The first-order chi connectivity index (χ1) is 9.24. The van der Waals surface area contributed by atoms with Gasteiger partial charge >= 0.3 is 0 Å². The summed E-state index contributed by atoms with van der Waals surface area (Å²) in [6.45, 7) is 6.82. The van der Waals surface area contributed by atoms with Crippen molar-refractivity contribution in [3.8, 4) is 0 Å². The Morgan fingerprint density at radius 3 is 2.63 bits per heavy atom. The van der Waals surface area contributed by atoms with Crippen LogP contribution in [0.3, 0.4) is 0 Å². The van der Waals surface area contributed by atoms with Crippen molar-refractivity contribution in [3.05, 3.63) is 10.8 Å². The van der Waals surface area contributed by atoms with E-state index in [1.165, 1.54) is 32.5 Å². The van der Waals surface area contributed by atoms with E-state index in [2.05, 4.69) is 48.4 Å². The van der Waals surface area contributed by atoms with E-state index < -0.39 is 0 Å². The van der Waals surface area contributed by atoms with Crippen molar-refractivity contribution in [3.63, 3.8) is 0 Å². The molecule has 2 rings (SSSR count). The van der Waals surface area contributed by atoms with E-state index in [1.807, 2.05) is 7.05 Å². The maximum absolute atomic E-state index is 4.28. The molecule has 1 aromatic rings. The van der Waals surface area contributed by atoms with Gasteiger partial charge in [-0.3, -0.25) is 0 Å². The number of piperidine rings is 1. The minimum absolute atomic E-state index is 0.739. The van der Waals surface area contributed by atoms with E-state index >= 15 is 0 Å². The molecule has 0 aliphatic carbocycles. The molecule has 2 heterocycles. The van der Waals surface area contributed by atoms with Crippen molar-refractivity contribution in [1.29, 1.82) is 0 Å². The highest BCUT2D eigenvalue weighted by Gasteiger charge is 2.18. The molecule has 0 spiro atoms. The average Bonchev–Trinajstić information content (AvgIpc) is 2.47. The maximum atomic E-state index is 4.28. The van der Waals surface area contributed by atoms with Crippen LogP contribution in [0.2, 0.25) is 0 Å². The molecule has 1 aliphatic heterocycles. The van der Waals surface area contributed by atoms with E-state index in [1.54, 1.807) is 6.33 Å². The van der Waals surface area contributed by atoms with E-state index in [0.29, 0.717) is 0 Å². The fourth-order valence-corrected chi connectivity index (χ4v) is 2.96. The lowest BCUT2D eigenvalue weighted by molar-refractivity contribution is 0.198. The molecule has 19 heavy (non-hydrogen) atoms. The van der Waals surface area contributed by atoms with E-state index in [-0.39, 0.29) is 0 Å². The van der Waals surface area contributed by atoms with Crippen LogP contribution < -0.4 is 10.6 Å². The summed E-state index contributed by atoms with van der Waals surface area (Å²) < 4.78 is 0.906. The topological polar surface area (TPSA) is 53.1 Å². The van der Waals surface area contributed by atoms with Gasteiger partial charge in [0.1, 0.15) is 22.4 Å². The largest absolute Gasteiger partial charge is 0.372 e. The van der Waals surface area contributed by atoms with E-state index in [4.69, 9.17) is 0 Å². The lowest BCUT2D eigenvalue weighted by Crippen LogP contribution is -2.35. The van der Waals surface area contributed by atoms with Gasteiger partial charge < -0.3 is 15.5 Å². The first kappa shape index (κ1) is 14.5. The zero-order valence-corrected chi connectivity index (χ0v) is 13.2. The van der Waals surface area contributed by atoms with Crippen LogP contribution in [0, 0.1) is 5.92 Å². The van der Waals surface area contributed by atoms with Crippen LogP contribution in [0.15, 0.2) is 10.8 Å². The second-order valence-electron chi connectivity index (χ2n) is 4.89. The second-order valence-corrected chi connectivity index (χ2v) is 5.69. The van der Waals surface area contributed by atoms with Crippen LogP contribution >= 0.6 is 15.9 Å². The SMILES string of the molecule is CCN1CCC(CNc2ncnc(NC)c2Br)CC1. The fraction of sp³-hybridized carbons (Fsp3) is 0.692. The average molecular weight is 328 g/mol. The summed E-state index contributed by atoms with van der Waals surface area (Å²) in [5.41, 5.74) is 0. The third-order valence-electron chi connectivity index (χ3n) is 3.74. The van der Waals surface area contributed by atoms with Gasteiger partial charge in [-0.25, -0.2) is 9.97 Å². The summed E-state index contributed by atoms with van der Waals surface area (Å²) >= 11 is 3.53. The molecule has 6 heteroatoms. The van der Waals surface area contributed by atoms with Crippen molar-refractivity contribution in [2.75, 3.05) is 43.9 Å². The Hall–Kier alpha value is -0.880. The summed E-state index contributed by atoms with van der Waals surface area (Å²) in [6, 6.07) is 0. The second kappa shape index (κ2) is 7.05. The summed E-state index contributed by atoms with van der Waals surface area (Å²) in [5.74, 6) is 2.43. The third kappa shape index (κ3) is 3.79. The summed E-state index contributed by atoms with van der Waals surface area (Å²) in [5, 5.41) is 6.48. The molecule has 0 aromatic carbocycles. The molecule has 0 unspecified atom stereocenters. The standard InChI is InChI=1S/C13H22BrN5/c1-3-19-6-4-10(5-7-19)8-16-13-11(14)12(15-2)17-9-18-13/h9-10H,3-8H2,1-2H3,(H2,15,16,17,18). The molecular formula is C13H22BrN5. The Morgan fingerprint density at radius 2 is 2.00 bits per heavy atom. The third-order valence-corrected chi connectivity index (χ3v) is 4.49. The molecule has 0 radical (unpaired) electrons. The van der Waals surface area contributed by atoms with Gasteiger partial charge in [0, 0.05) is 13.6 Å². The Morgan fingerprint density at radius 1 is 1.32 bits per heavy atom. The molecule has 1 fully saturated rings. The number of hydrogen-bond acceptors (Lipinski definition) is 5. The van der Waals surface area contributed by atoms with Crippen molar-refractivity contribution in [2.45, 2.75) is 19.8 Å². The van der Waals surface area contributed by atoms with Crippen LogP contribution in [-0.2, 0) is 0 Å². The molecule has 1 aromatic heterocycles. The number of anilines is 2. The molecule has 0 atom stereocenters. The van der Waals surface area contributed by atoms with Crippen molar-refractivity contribution < 1.29 is 0 Å². The van der Waals surface area contributed by atoms with Gasteiger partial charge in [-0.05, 0) is 54.3 Å². The normalized spacial score (nSPS) is 17.4. The number of halogens is 1. The molecule has 0 bridgehead atoms. The Bertz CT molecular complexity index is 404. The van der Waals surface area contributed by atoms with Crippen molar-refractivity contribution in [1.82, 2.24) is 14.9 Å². The van der Waals surface area contributed by atoms with Gasteiger partial charge in [0.25, 0.3) is 0 Å². The lowest BCUT2D eigenvalue weighted by Gasteiger charge is -2.31. The van der Waals surface area contributed by atoms with E-state index in [9.17, 15) is 0 Å². The molecule has 2 N–H and O–H groups in total. The highest BCUT2D eigenvalue weighted by molar-refractivity contribution is 9.10. The van der Waals surface area contributed by atoms with Crippen LogP contribution in [0.4, 0.5) is 11.6 Å². The first-order valence-corrected chi connectivity index (χ1v) is 7.68. The molecule has 1 aliphatic rings. The van der Waals surface area contributed by atoms with Gasteiger partial charge in [-0.2, -0.15) is 0 Å². The summed E-state index contributed by atoms with van der Waals surface area (Å²) in [7, 11) is 1.86. The number of likely N-dealkylation sites (tertiary alicyclic amines) is 1. The van der Waals surface area contributed by atoms with Crippen LogP contribution in [0.25, 0.3) is 0 Å². The predicted molar refractivity (Wildman–Crippen MR) is 82.6 cm³/mol. The molecule has 0 saturated carbocycles. The lowest BCUT2D eigenvalue weighted by atomic mass is 9.97. The Balaban J connectivity index is 1.86. The van der Waals surface area contributed by atoms with Gasteiger partial charge in [-0.15, -0.1) is 0 Å². The monoisotopic (exact) mass is 327 g/mol. The van der Waals surface area contributed by atoms with E-state index in [0.717, 1.165) is 28.6 Å². The number of rotatable bonds is 5. The molecule has 1 saturated heterocycles. The minimum Gasteiger partial charge on any atom is -0.372 e. The predicted octanol–water partition coefficient (Wildman–Crippen LogP) is 2.42. The molecule has 0 amide bonds. The van der Waals surface area contributed by atoms with Gasteiger partial charge in [0.05, 0.1) is 0 Å². The number of aromatic nitrogens is 2. The number of nitrogens with zero attached hydrogens (tertiary/aromatic N) is 3. The highest BCUT2D eigenvalue weighted by atomic mass is 79.9. The zero-order chi connectivity index (χ0) is 13.7. The highest BCUT2D eigenvalue weighted by Crippen LogP contribution is 2.27. The smallest absolute Gasteiger partial charge is 0.145 e. The van der Waals surface area contributed by atoms with Gasteiger partial charge in [-0.1, -0.05) is 6.92 Å². The quantitative estimate of drug-likeness (QED) is 0.869. The number of nitrogens with one attached hydrogen (secondary N) is 2. The maximum Gasteiger partial charge on any atom is 0.145 e. The van der Waals surface area contributed by atoms with Crippen molar-refractivity contribution in [2.24, 2.45) is 5.92 Å². The Labute approximate surface area is 123 Å². The summed E-state index contributed by atoms with van der Waals surface area (Å²) in [6.07, 6.45) is 4.11. The Kier molecular flexibility index (Phi) is 5.39. The summed E-state index contributed by atoms with van der Waals surface area (Å²) in [4.78, 5) is 11.0. The van der Waals surface area contributed by atoms with Crippen molar-refractivity contribution >= 4 is 27.6 Å².